The molecular formula is C12H17Br. The quantitative estimate of drug-likeness (QED) is 0.637. The van der Waals surface area contributed by atoms with E-state index in [1.165, 1.54) is 11.1 Å². The fourth-order valence-electron chi connectivity index (χ4n) is 1.25. The average Bonchev–Trinajstić information content (AvgIpc) is 2.03. The highest BCUT2D eigenvalue weighted by Crippen LogP contribution is 2.26. The first-order valence-corrected chi connectivity index (χ1v) is 5.57. The first-order chi connectivity index (χ1) is 5.91. The van der Waals surface area contributed by atoms with Crippen LogP contribution < -0.4 is 0 Å². The van der Waals surface area contributed by atoms with Crippen LogP contribution in [0, 0.1) is 0 Å². The van der Waals surface area contributed by atoms with Crippen molar-refractivity contribution in [1.29, 1.82) is 0 Å². The average molecular weight is 241 g/mol. The van der Waals surface area contributed by atoms with Gasteiger partial charge in [-0.2, -0.15) is 0 Å². The van der Waals surface area contributed by atoms with E-state index in [0.717, 1.165) is 0 Å². The molecule has 0 saturated heterocycles. The van der Waals surface area contributed by atoms with E-state index in [2.05, 4.69) is 67.9 Å². The van der Waals surface area contributed by atoms with Crippen molar-refractivity contribution in [2.75, 3.05) is 0 Å². The van der Waals surface area contributed by atoms with E-state index in [0.29, 0.717) is 4.83 Å². The Morgan fingerprint density at radius 1 is 1.08 bits per heavy atom. The number of benzene rings is 1. The summed E-state index contributed by atoms with van der Waals surface area (Å²) >= 11 is 3.56. The van der Waals surface area contributed by atoms with Gasteiger partial charge in [0.2, 0.25) is 0 Å². The maximum atomic E-state index is 3.56. The summed E-state index contributed by atoms with van der Waals surface area (Å²) < 4.78 is 0. The first kappa shape index (κ1) is 10.8. The van der Waals surface area contributed by atoms with Gasteiger partial charge in [-0.15, -0.1) is 0 Å². The molecule has 1 unspecified atom stereocenters. The topological polar surface area (TPSA) is 0 Å². The van der Waals surface area contributed by atoms with Gasteiger partial charge in [0, 0.05) is 4.83 Å². The molecule has 0 spiro atoms. The standard InChI is InChI=1S/C12H17Br/c1-9(13)10-5-7-11(8-6-10)12(2,3)4/h5-9H,1-4H3. The summed E-state index contributed by atoms with van der Waals surface area (Å²) in [5.74, 6) is 0. The Morgan fingerprint density at radius 2 is 1.54 bits per heavy atom. The molecule has 0 aliphatic carbocycles. The van der Waals surface area contributed by atoms with Gasteiger partial charge in [0.15, 0.2) is 0 Å². The summed E-state index contributed by atoms with van der Waals surface area (Å²) in [5.41, 5.74) is 2.99. The zero-order valence-electron chi connectivity index (χ0n) is 8.76. The van der Waals surface area contributed by atoms with Gasteiger partial charge in [0.05, 0.1) is 0 Å². The lowest BCUT2D eigenvalue weighted by Gasteiger charge is -2.19. The van der Waals surface area contributed by atoms with Crippen molar-refractivity contribution in [3.05, 3.63) is 35.4 Å². The van der Waals surface area contributed by atoms with Gasteiger partial charge in [0.1, 0.15) is 0 Å². The summed E-state index contributed by atoms with van der Waals surface area (Å²) in [6, 6.07) is 8.82. The van der Waals surface area contributed by atoms with Crippen LogP contribution in [-0.4, -0.2) is 0 Å². The van der Waals surface area contributed by atoms with Gasteiger partial charge in [-0.25, -0.2) is 0 Å². The van der Waals surface area contributed by atoms with Gasteiger partial charge in [-0.05, 0) is 23.5 Å². The van der Waals surface area contributed by atoms with Crippen LogP contribution in [0.4, 0.5) is 0 Å². The number of hydrogen-bond acceptors (Lipinski definition) is 0. The molecule has 1 aromatic rings. The molecule has 0 radical (unpaired) electrons. The monoisotopic (exact) mass is 240 g/mol. The maximum Gasteiger partial charge on any atom is 0.0367 e. The Bertz CT molecular complexity index is 264. The van der Waals surface area contributed by atoms with Crippen LogP contribution in [0.25, 0.3) is 0 Å². The van der Waals surface area contributed by atoms with E-state index in [9.17, 15) is 0 Å². The molecule has 0 N–H and O–H groups in total. The van der Waals surface area contributed by atoms with Crippen molar-refractivity contribution < 1.29 is 0 Å². The Balaban J connectivity index is 2.94. The number of halogens is 1. The normalized spacial score (nSPS) is 14.2. The van der Waals surface area contributed by atoms with Crippen LogP contribution in [0.5, 0.6) is 0 Å². The molecule has 0 bridgehead atoms. The van der Waals surface area contributed by atoms with E-state index in [4.69, 9.17) is 0 Å². The smallest absolute Gasteiger partial charge is 0.0367 e. The minimum Gasteiger partial charge on any atom is -0.0842 e. The molecular weight excluding hydrogens is 224 g/mol. The van der Waals surface area contributed by atoms with Crippen molar-refractivity contribution in [1.82, 2.24) is 0 Å². The summed E-state index contributed by atoms with van der Waals surface area (Å²) in [5, 5.41) is 0. The zero-order valence-corrected chi connectivity index (χ0v) is 10.4. The fourth-order valence-corrected chi connectivity index (χ4v) is 1.55. The second-order valence-electron chi connectivity index (χ2n) is 4.49. The minimum atomic E-state index is 0.258. The largest absolute Gasteiger partial charge is 0.0842 e. The van der Waals surface area contributed by atoms with Gasteiger partial charge >= 0.3 is 0 Å². The van der Waals surface area contributed by atoms with Crippen molar-refractivity contribution >= 4 is 15.9 Å². The molecule has 0 amide bonds. The summed E-state index contributed by atoms with van der Waals surface area (Å²) in [6.45, 7) is 8.85. The van der Waals surface area contributed by atoms with Gasteiger partial charge in [-0.1, -0.05) is 61.0 Å². The van der Waals surface area contributed by atoms with E-state index in [1.54, 1.807) is 0 Å². The molecule has 13 heavy (non-hydrogen) atoms. The van der Waals surface area contributed by atoms with Gasteiger partial charge < -0.3 is 0 Å². The Kier molecular flexibility index (Phi) is 3.18. The van der Waals surface area contributed by atoms with E-state index < -0.39 is 0 Å². The Morgan fingerprint density at radius 3 is 1.85 bits per heavy atom. The predicted octanol–water partition coefficient (Wildman–Crippen LogP) is 4.44. The lowest BCUT2D eigenvalue weighted by atomic mass is 9.86. The number of hydrogen-bond donors (Lipinski definition) is 0. The van der Waals surface area contributed by atoms with Crippen molar-refractivity contribution in [3.8, 4) is 0 Å². The summed E-state index contributed by atoms with van der Waals surface area (Å²) in [6.07, 6.45) is 0. The summed E-state index contributed by atoms with van der Waals surface area (Å²) in [7, 11) is 0. The highest BCUT2D eigenvalue weighted by Gasteiger charge is 2.13. The van der Waals surface area contributed by atoms with Crippen molar-refractivity contribution in [2.45, 2.75) is 37.9 Å². The van der Waals surface area contributed by atoms with Crippen LogP contribution in [0.3, 0.4) is 0 Å². The molecule has 1 heteroatoms. The summed E-state index contributed by atoms with van der Waals surface area (Å²) in [4.78, 5) is 0.446. The van der Waals surface area contributed by atoms with Crippen LogP contribution in [-0.2, 0) is 5.41 Å². The Hall–Kier alpha value is -0.300. The first-order valence-electron chi connectivity index (χ1n) is 4.66. The molecule has 1 atom stereocenters. The SMILES string of the molecule is CC(Br)c1ccc(C(C)(C)C)cc1. The lowest BCUT2D eigenvalue weighted by Crippen LogP contribution is -2.10. The third kappa shape index (κ3) is 2.84. The second kappa shape index (κ2) is 3.83. The van der Waals surface area contributed by atoms with Crippen molar-refractivity contribution in [2.24, 2.45) is 0 Å². The van der Waals surface area contributed by atoms with Crippen LogP contribution in [0.15, 0.2) is 24.3 Å². The molecule has 1 aromatic carbocycles. The molecule has 0 nitrogen and oxygen atoms in total. The third-order valence-electron chi connectivity index (χ3n) is 2.24. The van der Waals surface area contributed by atoms with E-state index in [1.807, 2.05) is 0 Å². The highest BCUT2D eigenvalue weighted by atomic mass is 79.9. The molecule has 0 fully saturated rings. The maximum absolute atomic E-state index is 3.56. The molecule has 0 aliphatic heterocycles. The van der Waals surface area contributed by atoms with E-state index in [-0.39, 0.29) is 5.41 Å². The lowest BCUT2D eigenvalue weighted by molar-refractivity contribution is 0.590. The molecule has 1 rings (SSSR count). The van der Waals surface area contributed by atoms with Gasteiger partial charge in [0.25, 0.3) is 0 Å². The van der Waals surface area contributed by atoms with Crippen LogP contribution >= 0.6 is 15.9 Å². The molecule has 0 heterocycles. The molecule has 0 aliphatic rings. The molecule has 0 saturated carbocycles. The second-order valence-corrected chi connectivity index (χ2v) is 5.86. The Labute approximate surface area is 89.5 Å². The van der Waals surface area contributed by atoms with Gasteiger partial charge in [-0.3, -0.25) is 0 Å². The zero-order chi connectivity index (χ0) is 10.1. The minimum absolute atomic E-state index is 0.258. The highest BCUT2D eigenvalue weighted by molar-refractivity contribution is 9.09. The number of alkyl halides is 1. The fraction of sp³-hybridized carbons (Fsp3) is 0.500. The predicted molar refractivity (Wildman–Crippen MR) is 62.5 cm³/mol. The van der Waals surface area contributed by atoms with Crippen LogP contribution in [0.1, 0.15) is 43.6 Å². The van der Waals surface area contributed by atoms with E-state index >= 15 is 0 Å². The number of rotatable bonds is 1. The van der Waals surface area contributed by atoms with Crippen LogP contribution in [0.2, 0.25) is 0 Å². The molecule has 72 valence electrons. The van der Waals surface area contributed by atoms with Crippen molar-refractivity contribution in [3.63, 3.8) is 0 Å². The molecule has 0 aromatic heterocycles. The third-order valence-corrected chi connectivity index (χ3v) is 2.76.